The Balaban J connectivity index is 1.57. The van der Waals surface area contributed by atoms with Crippen molar-refractivity contribution >= 4 is 17.7 Å². The van der Waals surface area contributed by atoms with Gasteiger partial charge in [0.15, 0.2) is 11.0 Å². The zero-order chi connectivity index (χ0) is 16.9. The van der Waals surface area contributed by atoms with Gasteiger partial charge in [-0.25, -0.2) is 0 Å². The summed E-state index contributed by atoms with van der Waals surface area (Å²) in [5, 5.41) is 12.3. The van der Waals surface area contributed by atoms with Crippen molar-refractivity contribution in [2.24, 2.45) is 13.0 Å². The van der Waals surface area contributed by atoms with E-state index in [4.69, 9.17) is 0 Å². The summed E-state index contributed by atoms with van der Waals surface area (Å²) in [5.41, 5.74) is 0.965. The Labute approximate surface area is 146 Å². The summed E-state index contributed by atoms with van der Waals surface area (Å²) in [7, 11) is 1.92. The minimum absolute atomic E-state index is 0.0761. The molecule has 1 fully saturated rings. The van der Waals surface area contributed by atoms with E-state index in [1.54, 1.807) is 12.4 Å². The topological polar surface area (TPSA) is 72.7 Å². The lowest BCUT2D eigenvalue weighted by molar-refractivity contribution is -0.119. The van der Waals surface area contributed by atoms with E-state index in [-0.39, 0.29) is 5.91 Å². The zero-order valence-electron chi connectivity index (χ0n) is 14.1. The minimum Gasteiger partial charge on any atom is -0.352 e. The third-order valence-corrected chi connectivity index (χ3v) is 5.58. The molecule has 0 unspecified atom stereocenters. The zero-order valence-corrected chi connectivity index (χ0v) is 14.9. The van der Waals surface area contributed by atoms with Crippen molar-refractivity contribution < 1.29 is 4.79 Å². The average Bonchev–Trinajstić information content (AvgIpc) is 2.97. The van der Waals surface area contributed by atoms with Crippen molar-refractivity contribution in [3.63, 3.8) is 0 Å². The highest BCUT2D eigenvalue weighted by Crippen LogP contribution is 2.25. The normalized spacial score (nSPS) is 20.8. The van der Waals surface area contributed by atoms with Gasteiger partial charge in [0.05, 0.1) is 5.75 Å². The van der Waals surface area contributed by atoms with Crippen LogP contribution < -0.4 is 5.32 Å². The Kier molecular flexibility index (Phi) is 5.50. The first-order chi connectivity index (χ1) is 11.6. The van der Waals surface area contributed by atoms with Crippen LogP contribution in [0.15, 0.2) is 29.7 Å². The molecule has 128 valence electrons. The first-order valence-electron chi connectivity index (χ1n) is 8.37. The molecule has 24 heavy (non-hydrogen) atoms. The van der Waals surface area contributed by atoms with Crippen LogP contribution in [-0.4, -0.2) is 37.5 Å². The van der Waals surface area contributed by atoms with Gasteiger partial charge in [0.1, 0.15) is 0 Å². The van der Waals surface area contributed by atoms with E-state index in [9.17, 15) is 4.79 Å². The van der Waals surface area contributed by atoms with E-state index in [1.807, 2.05) is 23.7 Å². The van der Waals surface area contributed by atoms with Crippen LogP contribution in [0.2, 0.25) is 0 Å². The van der Waals surface area contributed by atoms with Crippen molar-refractivity contribution in [2.45, 2.75) is 43.8 Å². The molecule has 0 spiro atoms. The standard InChI is InChI=1S/C17H23N5OS/c1-12-5-3-4-6-14(12)19-15(23)11-24-17-21-20-16(22(17)2)13-7-9-18-10-8-13/h7-10,12,14H,3-6,11H2,1-2H3,(H,19,23)/t12-,14+/m0/s1. The van der Waals surface area contributed by atoms with Crippen LogP contribution in [0.4, 0.5) is 0 Å². The predicted molar refractivity (Wildman–Crippen MR) is 94.5 cm³/mol. The molecule has 6 nitrogen and oxygen atoms in total. The largest absolute Gasteiger partial charge is 0.352 e. The van der Waals surface area contributed by atoms with Crippen LogP contribution in [-0.2, 0) is 11.8 Å². The van der Waals surface area contributed by atoms with Crippen molar-refractivity contribution in [3.05, 3.63) is 24.5 Å². The molecule has 0 radical (unpaired) electrons. The van der Waals surface area contributed by atoms with Crippen molar-refractivity contribution in [1.82, 2.24) is 25.1 Å². The van der Waals surface area contributed by atoms with Crippen molar-refractivity contribution in [1.29, 1.82) is 0 Å². The maximum Gasteiger partial charge on any atom is 0.230 e. The smallest absolute Gasteiger partial charge is 0.230 e. The lowest BCUT2D eigenvalue weighted by atomic mass is 9.86. The summed E-state index contributed by atoms with van der Waals surface area (Å²) in [6.45, 7) is 2.22. The SMILES string of the molecule is C[C@H]1CCCC[C@H]1NC(=O)CSc1nnc(-c2ccncc2)n1C. The Morgan fingerprint density at radius 1 is 1.29 bits per heavy atom. The fourth-order valence-electron chi connectivity index (χ4n) is 3.10. The maximum atomic E-state index is 12.2. The molecule has 1 amide bonds. The van der Waals surface area contributed by atoms with Gasteiger partial charge in [-0.1, -0.05) is 31.5 Å². The van der Waals surface area contributed by atoms with E-state index >= 15 is 0 Å². The van der Waals surface area contributed by atoms with Crippen LogP contribution in [0.5, 0.6) is 0 Å². The van der Waals surface area contributed by atoms with Crippen LogP contribution in [0, 0.1) is 5.92 Å². The molecule has 2 aromatic rings. The highest BCUT2D eigenvalue weighted by molar-refractivity contribution is 7.99. The quantitative estimate of drug-likeness (QED) is 0.844. The van der Waals surface area contributed by atoms with Crippen LogP contribution in [0.25, 0.3) is 11.4 Å². The molecule has 1 saturated carbocycles. The summed E-state index contributed by atoms with van der Waals surface area (Å²) in [6.07, 6.45) is 8.25. The second-order valence-electron chi connectivity index (χ2n) is 6.33. The summed E-state index contributed by atoms with van der Waals surface area (Å²) < 4.78 is 1.91. The van der Waals surface area contributed by atoms with E-state index in [1.165, 1.54) is 31.0 Å². The number of carbonyl (C=O) groups is 1. The van der Waals surface area contributed by atoms with Gasteiger partial charge in [-0.3, -0.25) is 9.78 Å². The molecule has 2 atom stereocenters. The van der Waals surface area contributed by atoms with E-state index in [2.05, 4.69) is 27.4 Å². The summed E-state index contributed by atoms with van der Waals surface area (Å²) in [6, 6.07) is 4.12. The Bertz CT molecular complexity index is 688. The Hall–Kier alpha value is -1.89. The third-order valence-electron chi connectivity index (χ3n) is 4.56. The average molecular weight is 345 g/mol. The number of hydrogen-bond donors (Lipinski definition) is 1. The van der Waals surface area contributed by atoms with Gasteiger partial charge in [0.2, 0.25) is 5.91 Å². The molecular weight excluding hydrogens is 322 g/mol. The fourth-order valence-corrected chi connectivity index (χ4v) is 3.82. The first kappa shape index (κ1) is 17.0. The molecule has 2 heterocycles. The van der Waals surface area contributed by atoms with Gasteiger partial charge in [0, 0.05) is 31.0 Å². The Morgan fingerprint density at radius 3 is 2.79 bits per heavy atom. The van der Waals surface area contributed by atoms with Crippen LogP contribution in [0.3, 0.4) is 0 Å². The maximum absolute atomic E-state index is 12.2. The highest BCUT2D eigenvalue weighted by Gasteiger charge is 2.23. The molecule has 7 heteroatoms. The van der Waals surface area contributed by atoms with Gasteiger partial charge in [0.25, 0.3) is 0 Å². The number of rotatable bonds is 5. The molecule has 0 aromatic carbocycles. The number of pyridine rings is 1. The van der Waals surface area contributed by atoms with Crippen molar-refractivity contribution in [2.75, 3.05) is 5.75 Å². The van der Waals surface area contributed by atoms with Gasteiger partial charge in [-0.05, 0) is 30.9 Å². The molecule has 0 saturated heterocycles. The molecule has 1 N–H and O–H groups in total. The van der Waals surface area contributed by atoms with E-state index in [0.717, 1.165) is 23.0 Å². The summed E-state index contributed by atoms with van der Waals surface area (Å²) in [4.78, 5) is 16.2. The number of aromatic nitrogens is 4. The molecule has 1 aliphatic rings. The molecule has 1 aliphatic carbocycles. The number of hydrogen-bond acceptors (Lipinski definition) is 5. The number of carbonyl (C=O) groups excluding carboxylic acids is 1. The molecule has 3 rings (SSSR count). The predicted octanol–water partition coefficient (Wildman–Crippen LogP) is 2.66. The minimum atomic E-state index is 0.0761. The molecule has 0 aliphatic heterocycles. The number of nitrogens with zero attached hydrogens (tertiary/aromatic N) is 4. The molecule has 0 bridgehead atoms. The lowest BCUT2D eigenvalue weighted by Gasteiger charge is -2.29. The second kappa shape index (κ2) is 7.79. The molecular formula is C17H23N5OS. The lowest BCUT2D eigenvalue weighted by Crippen LogP contribution is -2.41. The number of amides is 1. The third kappa shape index (κ3) is 3.95. The van der Waals surface area contributed by atoms with Gasteiger partial charge in [-0.2, -0.15) is 0 Å². The van der Waals surface area contributed by atoms with Crippen molar-refractivity contribution in [3.8, 4) is 11.4 Å². The van der Waals surface area contributed by atoms with Gasteiger partial charge < -0.3 is 9.88 Å². The first-order valence-corrected chi connectivity index (χ1v) is 9.35. The van der Waals surface area contributed by atoms with E-state index < -0.39 is 0 Å². The van der Waals surface area contributed by atoms with E-state index in [0.29, 0.717) is 17.7 Å². The van der Waals surface area contributed by atoms with Gasteiger partial charge >= 0.3 is 0 Å². The van der Waals surface area contributed by atoms with Crippen LogP contribution in [0.1, 0.15) is 32.6 Å². The summed E-state index contributed by atoms with van der Waals surface area (Å²) in [5.74, 6) is 1.79. The summed E-state index contributed by atoms with van der Waals surface area (Å²) >= 11 is 1.42. The Morgan fingerprint density at radius 2 is 2.04 bits per heavy atom. The van der Waals surface area contributed by atoms with Crippen LogP contribution >= 0.6 is 11.8 Å². The highest BCUT2D eigenvalue weighted by atomic mass is 32.2. The monoisotopic (exact) mass is 345 g/mol. The van der Waals surface area contributed by atoms with Gasteiger partial charge in [-0.15, -0.1) is 10.2 Å². The second-order valence-corrected chi connectivity index (χ2v) is 7.27. The molecule has 2 aromatic heterocycles. The number of thioether (sulfide) groups is 1. The fraction of sp³-hybridized carbons (Fsp3) is 0.529. The number of nitrogens with one attached hydrogen (secondary N) is 1.